The fraction of sp³-hybridized carbons (Fsp3) is 0.478. The van der Waals surface area contributed by atoms with Crippen LogP contribution in [0.25, 0.3) is 0 Å². The first-order valence-corrected chi connectivity index (χ1v) is 11.1. The van der Waals surface area contributed by atoms with E-state index in [2.05, 4.69) is 72.7 Å². The lowest BCUT2D eigenvalue weighted by molar-refractivity contribution is -0.187. The van der Waals surface area contributed by atoms with Gasteiger partial charge in [-0.1, -0.05) is 80.4 Å². The summed E-state index contributed by atoms with van der Waals surface area (Å²) in [5.74, 6) is 1.06. The second-order valence-electron chi connectivity index (χ2n) is 7.47. The van der Waals surface area contributed by atoms with Crippen molar-refractivity contribution in [1.29, 1.82) is 0 Å². The van der Waals surface area contributed by atoms with Crippen molar-refractivity contribution in [1.82, 2.24) is 5.06 Å². The van der Waals surface area contributed by atoms with Crippen LogP contribution in [0.5, 0.6) is 0 Å². The Morgan fingerprint density at radius 2 is 1.74 bits per heavy atom. The number of hydroxylamine groups is 2. The van der Waals surface area contributed by atoms with Crippen LogP contribution < -0.4 is 0 Å². The van der Waals surface area contributed by atoms with Gasteiger partial charge in [-0.05, 0) is 17.5 Å². The lowest BCUT2D eigenvalue weighted by Gasteiger charge is -2.27. The van der Waals surface area contributed by atoms with E-state index in [9.17, 15) is 0 Å². The predicted octanol–water partition coefficient (Wildman–Crippen LogP) is 5.06. The first-order valence-electron chi connectivity index (χ1n) is 10.1. The quantitative estimate of drug-likeness (QED) is 0.635. The zero-order chi connectivity index (χ0) is 18.5. The highest BCUT2D eigenvalue weighted by Gasteiger charge is 2.51. The Kier molecular flexibility index (Phi) is 6.51. The molecule has 3 nitrogen and oxygen atoms in total. The van der Waals surface area contributed by atoms with E-state index in [0.717, 1.165) is 18.7 Å². The van der Waals surface area contributed by atoms with Crippen LogP contribution in [0, 0.1) is 0 Å². The molecule has 0 N–H and O–H groups in total. The first kappa shape index (κ1) is 19.0. The van der Waals surface area contributed by atoms with Crippen molar-refractivity contribution in [3.63, 3.8) is 0 Å². The zero-order valence-corrected chi connectivity index (χ0v) is 16.8. The third-order valence-electron chi connectivity index (χ3n) is 5.47. The molecule has 27 heavy (non-hydrogen) atoms. The Morgan fingerprint density at radius 3 is 2.44 bits per heavy atom. The number of unbranched alkanes of at least 4 members (excludes halogenated alkanes) is 1. The maximum Gasteiger partial charge on any atom is 0.0928 e. The van der Waals surface area contributed by atoms with Crippen molar-refractivity contribution >= 4 is 11.8 Å². The average molecular weight is 384 g/mol. The maximum absolute atomic E-state index is 6.45. The number of hydrogen-bond acceptors (Lipinski definition) is 4. The van der Waals surface area contributed by atoms with Crippen molar-refractivity contribution in [2.45, 2.75) is 62.8 Å². The summed E-state index contributed by atoms with van der Waals surface area (Å²) in [5.41, 5.74) is 2.54. The Hall–Kier alpha value is -1.33. The van der Waals surface area contributed by atoms with E-state index in [4.69, 9.17) is 9.57 Å². The third-order valence-corrected chi connectivity index (χ3v) is 6.96. The number of ether oxygens (including phenoxy) is 1. The average Bonchev–Trinajstić information content (AvgIpc) is 3.28. The van der Waals surface area contributed by atoms with Crippen LogP contribution in [0.3, 0.4) is 0 Å². The molecule has 0 aliphatic carbocycles. The number of benzene rings is 2. The van der Waals surface area contributed by atoms with Crippen LogP contribution in [0.1, 0.15) is 37.3 Å². The molecule has 2 fully saturated rings. The standard InChI is InChI=1S/C23H29NO2S/c1-2-3-14-20-23-22(24(26-20)15-18-10-6-4-7-11-18)21(17-27-23)25-16-19-12-8-5-9-13-19/h4-13,20-23H,2-3,14-17H2,1H3/t20-,21+,22-,23-/m0/s1. The molecule has 2 aliphatic heterocycles. The van der Waals surface area contributed by atoms with Crippen LogP contribution in [-0.2, 0) is 22.7 Å². The maximum atomic E-state index is 6.45. The van der Waals surface area contributed by atoms with Crippen LogP contribution >= 0.6 is 11.8 Å². The molecular formula is C23H29NO2S. The molecule has 0 aromatic heterocycles. The van der Waals surface area contributed by atoms with Gasteiger partial charge in [0, 0.05) is 12.3 Å². The lowest BCUT2D eigenvalue weighted by atomic mass is 10.0. The molecule has 2 aromatic carbocycles. The van der Waals surface area contributed by atoms with E-state index in [1.807, 2.05) is 11.8 Å². The smallest absolute Gasteiger partial charge is 0.0928 e. The van der Waals surface area contributed by atoms with Gasteiger partial charge in [-0.25, -0.2) is 0 Å². The van der Waals surface area contributed by atoms with Crippen molar-refractivity contribution in [3.8, 4) is 0 Å². The molecule has 2 heterocycles. The molecule has 2 saturated heterocycles. The summed E-state index contributed by atoms with van der Waals surface area (Å²) in [6.45, 7) is 3.76. The van der Waals surface area contributed by atoms with Crippen LogP contribution in [0.2, 0.25) is 0 Å². The van der Waals surface area contributed by atoms with Gasteiger partial charge in [0.05, 0.1) is 30.1 Å². The highest BCUT2D eigenvalue weighted by atomic mass is 32.2. The number of rotatable bonds is 8. The molecule has 0 bridgehead atoms. The van der Waals surface area contributed by atoms with Gasteiger partial charge in [0.1, 0.15) is 0 Å². The Morgan fingerprint density at radius 1 is 1.04 bits per heavy atom. The molecular weight excluding hydrogens is 354 g/mol. The minimum atomic E-state index is 0.218. The number of thioether (sulfide) groups is 1. The van der Waals surface area contributed by atoms with Gasteiger partial charge in [-0.3, -0.25) is 4.84 Å². The lowest BCUT2D eigenvalue weighted by Crippen LogP contribution is -2.41. The summed E-state index contributed by atoms with van der Waals surface area (Å²) in [6.07, 6.45) is 4.11. The van der Waals surface area contributed by atoms with Crippen molar-refractivity contribution in [2.24, 2.45) is 0 Å². The number of hydrogen-bond donors (Lipinski definition) is 0. The van der Waals surface area contributed by atoms with E-state index < -0.39 is 0 Å². The summed E-state index contributed by atoms with van der Waals surface area (Å²) in [4.78, 5) is 6.45. The molecule has 4 rings (SSSR count). The summed E-state index contributed by atoms with van der Waals surface area (Å²) in [7, 11) is 0. The summed E-state index contributed by atoms with van der Waals surface area (Å²) in [5, 5.41) is 2.73. The fourth-order valence-electron chi connectivity index (χ4n) is 4.05. The molecule has 4 atom stereocenters. The van der Waals surface area contributed by atoms with Gasteiger partial charge < -0.3 is 4.74 Å². The minimum absolute atomic E-state index is 0.218. The van der Waals surface area contributed by atoms with Gasteiger partial charge in [0.2, 0.25) is 0 Å². The molecule has 0 radical (unpaired) electrons. The Labute approximate surface area is 167 Å². The normalized spacial score (nSPS) is 27.7. The van der Waals surface area contributed by atoms with Gasteiger partial charge in [-0.2, -0.15) is 16.8 Å². The summed E-state index contributed by atoms with van der Waals surface area (Å²) in [6, 6.07) is 21.4. The van der Waals surface area contributed by atoms with Crippen molar-refractivity contribution < 1.29 is 9.57 Å². The van der Waals surface area contributed by atoms with E-state index in [1.54, 1.807) is 0 Å². The largest absolute Gasteiger partial charge is 0.371 e. The Balaban J connectivity index is 1.45. The molecule has 2 aromatic rings. The molecule has 0 saturated carbocycles. The zero-order valence-electron chi connectivity index (χ0n) is 16.0. The molecule has 0 amide bonds. The van der Waals surface area contributed by atoms with Gasteiger partial charge in [-0.15, -0.1) is 0 Å². The van der Waals surface area contributed by atoms with Gasteiger partial charge >= 0.3 is 0 Å². The third kappa shape index (κ3) is 4.57. The second kappa shape index (κ2) is 9.24. The second-order valence-corrected chi connectivity index (χ2v) is 8.68. The topological polar surface area (TPSA) is 21.7 Å². The fourth-order valence-corrected chi connectivity index (χ4v) is 5.66. The monoisotopic (exact) mass is 383 g/mol. The summed E-state index contributed by atoms with van der Waals surface area (Å²) >= 11 is 2.04. The van der Waals surface area contributed by atoms with Crippen LogP contribution in [0.15, 0.2) is 60.7 Å². The van der Waals surface area contributed by atoms with E-state index in [1.165, 1.54) is 24.0 Å². The van der Waals surface area contributed by atoms with Gasteiger partial charge in [0.25, 0.3) is 0 Å². The van der Waals surface area contributed by atoms with Crippen LogP contribution in [-0.4, -0.2) is 34.3 Å². The molecule has 2 aliphatic rings. The SMILES string of the molecule is CCCC[C@@H]1ON(Cc2ccccc2)[C@@H]2[C@H]1SC[C@H]2OCc1ccccc1. The molecule has 144 valence electrons. The van der Waals surface area contributed by atoms with Gasteiger partial charge in [0.15, 0.2) is 0 Å². The summed E-state index contributed by atoms with van der Waals surface area (Å²) < 4.78 is 6.38. The molecule has 0 spiro atoms. The van der Waals surface area contributed by atoms with Crippen molar-refractivity contribution in [2.75, 3.05) is 5.75 Å². The highest BCUT2D eigenvalue weighted by molar-refractivity contribution is 8.00. The molecule has 0 unspecified atom stereocenters. The van der Waals surface area contributed by atoms with Crippen LogP contribution in [0.4, 0.5) is 0 Å². The van der Waals surface area contributed by atoms with Crippen molar-refractivity contribution in [3.05, 3.63) is 71.8 Å². The van der Waals surface area contributed by atoms with E-state index >= 15 is 0 Å². The number of nitrogens with zero attached hydrogens (tertiary/aromatic N) is 1. The Bertz CT molecular complexity index is 696. The van der Waals surface area contributed by atoms with E-state index in [0.29, 0.717) is 24.0 Å². The minimum Gasteiger partial charge on any atom is -0.371 e. The predicted molar refractivity (Wildman–Crippen MR) is 111 cm³/mol. The number of fused-ring (bicyclic) bond motifs is 1. The first-order chi connectivity index (χ1) is 13.3. The molecule has 4 heteroatoms. The van der Waals surface area contributed by atoms with E-state index in [-0.39, 0.29) is 6.10 Å². The highest BCUT2D eigenvalue weighted by Crippen LogP contribution is 2.43.